The molecule has 4 heteroatoms. The van der Waals surface area contributed by atoms with Crippen LogP contribution in [0.2, 0.25) is 0 Å². The van der Waals surface area contributed by atoms with Crippen LogP contribution in [0, 0.1) is 0 Å². The standard InChI is InChI=1S/C27H32NO2P/c1-5-27(2,31-25-17-10-9-14-23(25)19-28-3)24-16-11-15-22(26(24)30-20-29-4)18-21-12-7-6-8-13-21/h6-17,19,31H,5,18,20H2,1-4H3/b28-19+. The van der Waals surface area contributed by atoms with Gasteiger partial charge in [-0.15, -0.1) is 0 Å². The van der Waals surface area contributed by atoms with E-state index in [-0.39, 0.29) is 11.9 Å². The third kappa shape index (κ3) is 5.81. The number of rotatable bonds is 10. The molecule has 31 heavy (non-hydrogen) atoms. The van der Waals surface area contributed by atoms with Crippen molar-refractivity contribution in [1.82, 2.24) is 0 Å². The van der Waals surface area contributed by atoms with Crippen LogP contribution >= 0.6 is 8.58 Å². The first kappa shape index (κ1) is 23.2. The molecule has 0 heterocycles. The molecule has 0 aliphatic rings. The molecule has 0 N–H and O–H groups in total. The van der Waals surface area contributed by atoms with Gasteiger partial charge < -0.3 is 9.47 Å². The fourth-order valence-electron chi connectivity index (χ4n) is 3.77. The minimum Gasteiger partial charge on any atom is -0.467 e. The SMILES string of the molecule is CCC(C)(Pc1ccccc1/C=N/C)c1cccc(Cc2ccccc2)c1OCOC. The fraction of sp³-hybridized carbons (Fsp3) is 0.296. The van der Waals surface area contributed by atoms with Crippen LogP contribution in [0.3, 0.4) is 0 Å². The molecule has 0 saturated carbocycles. The zero-order chi connectivity index (χ0) is 22.1. The van der Waals surface area contributed by atoms with E-state index in [4.69, 9.17) is 9.47 Å². The summed E-state index contributed by atoms with van der Waals surface area (Å²) in [6.07, 6.45) is 3.78. The van der Waals surface area contributed by atoms with Crippen molar-refractivity contribution in [2.45, 2.75) is 31.8 Å². The molecule has 3 aromatic carbocycles. The maximum absolute atomic E-state index is 6.21. The van der Waals surface area contributed by atoms with Gasteiger partial charge in [-0.05, 0) is 28.4 Å². The second kappa shape index (κ2) is 11.2. The van der Waals surface area contributed by atoms with Crippen molar-refractivity contribution in [2.24, 2.45) is 4.99 Å². The van der Waals surface area contributed by atoms with Crippen molar-refractivity contribution < 1.29 is 9.47 Å². The Morgan fingerprint density at radius 2 is 1.71 bits per heavy atom. The number of aliphatic imine (C=N–C) groups is 1. The molecule has 0 aliphatic carbocycles. The zero-order valence-corrected chi connectivity index (χ0v) is 19.9. The number of methoxy groups -OCH3 is 1. The summed E-state index contributed by atoms with van der Waals surface area (Å²) >= 11 is 0. The van der Waals surface area contributed by atoms with Gasteiger partial charge in [0.1, 0.15) is 5.75 Å². The Kier molecular flexibility index (Phi) is 8.40. The number of ether oxygens (including phenoxy) is 2. The Bertz CT molecular complexity index is 1000. The molecule has 3 nitrogen and oxygen atoms in total. The smallest absolute Gasteiger partial charge is 0.188 e. The molecular weight excluding hydrogens is 401 g/mol. The highest BCUT2D eigenvalue weighted by molar-refractivity contribution is 7.48. The van der Waals surface area contributed by atoms with Gasteiger partial charge in [0.15, 0.2) is 6.79 Å². The molecule has 0 bridgehead atoms. The number of para-hydroxylation sites is 1. The van der Waals surface area contributed by atoms with Gasteiger partial charge in [0.2, 0.25) is 0 Å². The molecule has 0 aliphatic heterocycles. The number of benzene rings is 3. The first-order chi connectivity index (χ1) is 15.1. The fourth-order valence-corrected chi connectivity index (χ4v) is 5.34. The lowest BCUT2D eigenvalue weighted by Gasteiger charge is -2.32. The highest BCUT2D eigenvalue weighted by Crippen LogP contribution is 2.48. The lowest BCUT2D eigenvalue weighted by atomic mass is 9.92. The topological polar surface area (TPSA) is 30.8 Å². The Morgan fingerprint density at radius 3 is 2.42 bits per heavy atom. The predicted molar refractivity (Wildman–Crippen MR) is 134 cm³/mol. The lowest BCUT2D eigenvalue weighted by molar-refractivity contribution is 0.0494. The zero-order valence-electron chi connectivity index (χ0n) is 18.9. The van der Waals surface area contributed by atoms with Crippen LogP contribution in [0.4, 0.5) is 0 Å². The summed E-state index contributed by atoms with van der Waals surface area (Å²) in [5, 5.41) is 1.26. The molecule has 0 fully saturated rings. The van der Waals surface area contributed by atoms with Crippen LogP contribution in [-0.4, -0.2) is 27.2 Å². The minimum atomic E-state index is -0.0620. The molecule has 162 valence electrons. The summed E-state index contributed by atoms with van der Waals surface area (Å²) in [7, 11) is 4.08. The third-order valence-electron chi connectivity index (χ3n) is 5.60. The van der Waals surface area contributed by atoms with Crippen LogP contribution in [0.1, 0.15) is 42.5 Å². The van der Waals surface area contributed by atoms with Crippen molar-refractivity contribution in [1.29, 1.82) is 0 Å². The van der Waals surface area contributed by atoms with E-state index in [1.54, 1.807) is 7.11 Å². The average Bonchev–Trinajstić information content (AvgIpc) is 2.80. The summed E-state index contributed by atoms with van der Waals surface area (Å²) in [4.78, 5) is 4.25. The van der Waals surface area contributed by atoms with Crippen LogP contribution in [-0.2, 0) is 16.3 Å². The van der Waals surface area contributed by atoms with Gasteiger partial charge in [-0.1, -0.05) is 95.2 Å². The molecule has 0 amide bonds. The van der Waals surface area contributed by atoms with Gasteiger partial charge in [-0.3, -0.25) is 4.99 Å². The number of nitrogens with zero attached hydrogens (tertiary/aromatic N) is 1. The van der Waals surface area contributed by atoms with E-state index >= 15 is 0 Å². The van der Waals surface area contributed by atoms with Crippen molar-refractivity contribution in [3.8, 4) is 5.75 Å². The first-order valence-corrected chi connectivity index (χ1v) is 11.7. The Labute approximate surface area is 188 Å². The van der Waals surface area contributed by atoms with Gasteiger partial charge in [0, 0.05) is 37.5 Å². The molecule has 3 aromatic rings. The summed E-state index contributed by atoms with van der Waals surface area (Å²) in [6, 6.07) is 25.6. The molecule has 0 aromatic heterocycles. The average molecular weight is 434 g/mol. The van der Waals surface area contributed by atoms with E-state index in [9.17, 15) is 0 Å². The number of hydrogen-bond donors (Lipinski definition) is 0. The first-order valence-electron chi connectivity index (χ1n) is 10.7. The Balaban J connectivity index is 2.04. The summed E-state index contributed by atoms with van der Waals surface area (Å²) < 4.78 is 11.5. The monoisotopic (exact) mass is 433 g/mol. The van der Waals surface area contributed by atoms with Crippen molar-refractivity contribution >= 4 is 20.1 Å². The maximum Gasteiger partial charge on any atom is 0.188 e. The normalized spacial score (nSPS) is 13.7. The number of hydrogen-bond acceptors (Lipinski definition) is 3. The van der Waals surface area contributed by atoms with Gasteiger partial charge in [0.25, 0.3) is 0 Å². The maximum atomic E-state index is 6.21. The summed E-state index contributed by atoms with van der Waals surface area (Å²) in [6.45, 7) is 4.83. The highest BCUT2D eigenvalue weighted by Gasteiger charge is 2.30. The molecule has 2 unspecified atom stereocenters. The second-order valence-electron chi connectivity index (χ2n) is 7.79. The van der Waals surface area contributed by atoms with Crippen LogP contribution in [0.5, 0.6) is 5.75 Å². The van der Waals surface area contributed by atoms with E-state index in [0.717, 1.165) is 18.6 Å². The Hall–Kier alpha value is -2.48. The summed E-state index contributed by atoms with van der Waals surface area (Å²) in [5.41, 5.74) is 4.88. The van der Waals surface area contributed by atoms with Crippen molar-refractivity contribution in [3.63, 3.8) is 0 Å². The lowest BCUT2D eigenvalue weighted by Crippen LogP contribution is -2.22. The largest absolute Gasteiger partial charge is 0.467 e. The van der Waals surface area contributed by atoms with Crippen LogP contribution in [0.15, 0.2) is 77.8 Å². The van der Waals surface area contributed by atoms with Crippen LogP contribution < -0.4 is 10.0 Å². The molecule has 0 radical (unpaired) electrons. The molecular formula is C27H32NO2P. The second-order valence-corrected chi connectivity index (χ2v) is 9.68. The van der Waals surface area contributed by atoms with Gasteiger partial charge in [0.05, 0.1) is 0 Å². The predicted octanol–water partition coefficient (Wildman–Crippen LogP) is 5.94. The van der Waals surface area contributed by atoms with E-state index in [1.807, 2.05) is 13.3 Å². The summed E-state index contributed by atoms with van der Waals surface area (Å²) in [5.74, 6) is 0.951. The minimum absolute atomic E-state index is 0.0620. The van der Waals surface area contributed by atoms with Gasteiger partial charge in [-0.2, -0.15) is 0 Å². The quantitative estimate of drug-likeness (QED) is 0.225. The molecule has 3 rings (SSSR count). The molecule has 2 atom stereocenters. The van der Waals surface area contributed by atoms with Crippen molar-refractivity contribution in [3.05, 3.63) is 95.1 Å². The third-order valence-corrected chi connectivity index (χ3v) is 7.50. The van der Waals surface area contributed by atoms with Crippen molar-refractivity contribution in [2.75, 3.05) is 21.0 Å². The van der Waals surface area contributed by atoms with E-state index < -0.39 is 0 Å². The van der Waals surface area contributed by atoms with Gasteiger partial charge in [-0.25, -0.2) is 0 Å². The molecule has 0 saturated heterocycles. The van der Waals surface area contributed by atoms with E-state index in [2.05, 4.69) is 91.6 Å². The van der Waals surface area contributed by atoms with E-state index in [1.165, 1.54) is 27.6 Å². The van der Waals surface area contributed by atoms with Gasteiger partial charge >= 0.3 is 0 Å². The van der Waals surface area contributed by atoms with Crippen LogP contribution in [0.25, 0.3) is 0 Å². The molecule has 0 spiro atoms. The Morgan fingerprint density at radius 1 is 0.968 bits per heavy atom. The highest BCUT2D eigenvalue weighted by atomic mass is 31.1. The van der Waals surface area contributed by atoms with E-state index in [0.29, 0.717) is 8.58 Å².